The van der Waals surface area contributed by atoms with Gasteiger partial charge in [-0.3, -0.25) is 4.55 Å². The van der Waals surface area contributed by atoms with Crippen LogP contribution in [0, 0.1) is 0 Å². The summed E-state index contributed by atoms with van der Waals surface area (Å²) in [5.41, 5.74) is 0.452. The molecule has 0 aliphatic rings. The first-order valence-electron chi connectivity index (χ1n) is 5.46. The van der Waals surface area contributed by atoms with Crippen molar-refractivity contribution < 1.29 is 13.0 Å². The third kappa shape index (κ3) is 2.33. The van der Waals surface area contributed by atoms with Crippen LogP contribution in [0.2, 0.25) is 0 Å². The lowest BCUT2D eigenvalue weighted by Gasteiger charge is -2.04. The second-order valence-corrected chi connectivity index (χ2v) is 6.23. The van der Waals surface area contributed by atoms with E-state index in [9.17, 15) is 8.42 Å². The lowest BCUT2D eigenvalue weighted by molar-refractivity contribution is 0.483. The molecule has 3 aromatic rings. The van der Waals surface area contributed by atoms with Gasteiger partial charge in [0.15, 0.2) is 5.82 Å². The van der Waals surface area contributed by atoms with Gasteiger partial charge in [0.05, 0.1) is 15.5 Å². The minimum absolute atomic E-state index is 0.206. The number of nitrogens with zero attached hydrogens (tertiary/aromatic N) is 4. The van der Waals surface area contributed by atoms with E-state index in [-0.39, 0.29) is 4.90 Å². The molecule has 0 aliphatic heterocycles. The Bertz CT molecular complexity index is 840. The molecule has 2 aromatic heterocycles. The second kappa shape index (κ2) is 4.78. The summed E-state index contributed by atoms with van der Waals surface area (Å²) in [6, 6.07) is 9.50. The predicted octanol–water partition coefficient (Wildman–Crippen LogP) is 1.64. The van der Waals surface area contributed by atoms with Crippen molar-refractivity contribution in [2.24, 2.45) is 0 Å². The Kier molecular flexibility index (Phi) is 3.08. The summed E-state index contributed by atoms with van der Waals surface area (Å²) in [7, 11) is -4.26. The van der Waals surface area contributed by atoms with Gasteiger partial charge >= 0.3 is 0 Å². The van der Waals surface area contributed by atoms with E-state index in [1.165, 1.54) is 34.2 Å². The van der Waals surface area contributed by atoms with E-state index in [0.717, 1.165) is 4.88 Å². The van der Waals surface area contributed by atoms with Crippen LogP contribution in [0.15, 0.2) is 46.7 Å². The number of hydrogen-bond acceptors (Lipinski definition) is 6. The maximum Gasteiger partial charge on any atom is 0.294 e. The zero-order valence-corrected chi connectivity index (χ0v) is 11.5. The number of hydrogen-bond donors (Lipinski definition) is 1. The minimum atomic E-state index is -4.26. The quantitative estimate of drug-likeness (QED) is 0.739. The van der Waals surface area contributed by atoms with E-state index in [4.69, 9.17) is 4.55 Å². The Morgan fingerprint density at radius 2 is 2.05 bits per heavy atom. The van der Waals surface area contributed by atoms with Crippen molar-refractivity contribution in [3.63, 3.8) is 0 Å². The molecule has 0 amide bonds. The fourth-order valence-electron chi connectivity index (χ4n) is 1.70. The summed E-state index contributed by atoms with van der Waals surface area (Å²) in [5, 5.41) is 13.3. The monoisotopic (exact) mass is 308 g/mol. The predicted molar refractivity (Wildman–Crippen MR) is 72.3 cm³/mol. The number of thiophene rings is 1. The van der Waals surface area contributed by atoms with E-state index >= 15 is 0 Å². The van der Waals surface area contributed by atoms with Crippen molar-refractivity contribution >= 4 is 21.5 Å². The summed E-state index contributed by atoms with van der Waals surface area (Å²) < 4.78 is 32.8. The standard InChI is InChI=1S/C11H8N4O3S2/c16-20(17,18)9-4-1-3-8(7-9)15-11(12-13-14-15)10-5-2-6-19-10/h1-7H,(H,16,17,18). The van der Waals surface area contributed by atoms with E-state index in [2.05, 4.69) is 15.5 Å². The molecule has 0 bridgehead atoms. The maximum absolute atomic E-state index is 11.2. The van der Waals surface area contributed by atoms with Crippen LogP contribution in [0.1, 0.15) is 0 Å². The highest BCUT2D eigenvalue weighted by molar-refractivity contribution is 7.85. The van der Waals surface area contributed by atoms with Gasteiger partial charge < -0.3 is 0 Å². The summed E-state index contributed by atoms with van der Waals surface area (Å²) in [5.74, 6) is 0.507. The van der Waals surface area contributed by atoms with Crippen LogP contribution in [0.25, 0.3) is 16.4 Å². The van der Waals surface area contributed by atoms with E-state index in [0.29, 0.717) is 11.5 Å². The van der Waals surface area contributed by atoms with Gasteiger partial charge in [0.2, 0.25) is 0 Å². The van der Waals surface area contributed by atoms with Gasteiger partial charge in [-0.1, -0.05) is 12.1 Å². The van der Waals surface area contributed by atoms with Crippen LogP contribution in [-0.4, -0.2) is 33.2 Å². The van der Waals surface area contributed by atoms with Crippen LogP contribution >= 0.6 is 11.3 Å². The molecule has 0 saturated heterocycles. The highest BCUT2D eigenvalue weighted by Gasteiger charge is 2.15. The van der Waals surface area contributed by atoms with Gasteiger partial charge in [-0.25, -0.2) is 0 Å². The molecule has 102 valence electrons. The van der Waals surface area contributed by atoms with E-state index < -0.39 is 10.1 Å². The average Bonchev–Trinajstić information content (AvgIpc) is 3.08. The molecule has 20 heavy (non-hydrogen) atoms. The van der Waals surface area contributed by atoms with Gasteiger partial charge in [-0.15, -0.1) is 16.4 Å². The van der Waals surface area contributed by atoms with Gasteiger partial charge in [0, 0.05) is 0 Å². The highest BCUT2D eigenvalue weighted by Crippen LogP contribution is 2.24. The third-order valence-electron chi connectivity index (χ3n) is 2.57. The Morgan fingerprint density at radius 3 is 2.75 bits per heavy atom. The fourth-order valence-corrected chi connectivity index (χ4v) is 2.91. The third-order valence-corrected chi connectivity index (χ3v) is 4.29. The number of tetrazole rings is 1. The first-order chi connectivity index (χ1) is 9.55. The molecule has 2 heterocycles. The number of aromatic nitrogens is 4. The largest absolute Gasteiger partial charge is 0.294 e. The van der Waals surface area contributed by atoms with Crippen molar-refractivity contribution in [1.82, 2.24) is 20.2 Å². The Labute approximate surface area is 118 Å². The van der Waals surface area contributed by atoms with Gasteiger partial charge in [0.1, 0.15) is 0 Å². The lowest BCUT2D eigenvalue weighted by Crippen LogP contribution is -2.03. The van der Waals surface area contributed by atoms with Gasteiger partial charge in [-0.2, -0.15) is 13.1 Å². The number of benzene rings is 1. The smallest absolute Gasteiger partial charge is 0.282 e. The van der Waals surface area contributed by atoms with Crippen LogP contribution < -0.4 is 0 Å². The summed E-state index contributed by atoms with van der Waals surface area (Å²) in [4.78, 5) is 0.648. The Morgan fingerprint density at radius 1 is 1.20 bits per heavy atom. The van der Waals surface area contributed by atoms with Crippen LogP contribution in [0.3, 0.4) is 0 Å². The van der Waals surface area contributed by atoms with E-state index in [1.807, 2.05) is 17.5 Å². The van der Waals surface area contributed by atoms with E-state index in [1.54, 1.807) is 6.07 Å². The summed E-state index contributed by atoms with van der Waals surface area (Å²) >= 11 is 1.47. The van der Waals surface area contributed by atoms with Crippen LogP contribution in [0.4, 0.5) is 0 Å². The first-order valence-corrected chi connectivity index (χ1v) is 7.78. The van der Waals surface area contributed by atoms with Crippen molar-refractivity contribution in [2.45, 2.75) is 4.90 Å². The lowest BCUT2D eigenvalue weighted by atomic mass is 10.3. The molecule has 0 aliphatic carbocycles. The van der Waals surface area contributed by atoms with Crippen LogP contribution in [-0.2, 0) is 10.1 Å². The molecule has 9 heteroatoms. The number of rotatable bonds is 3. The minimum Gasteiger partial charge on any atom is -0.282 e. The topological polar surface area (TPSA) is 98.0 Å². The SMILES string of the molecule is O=S(=O)(O)c1cccc(-n2nnnc2-c2cccs2)c1. The molecule has 0 spiro atoms. The molecule has 0 fully saturated rings. The molecule has 7 nitrogen and oxygen atoms in total. The zero-order chi connectivity index (χ0) is 14.2. The molecule has 1 aromatic carbocycles. The van der Waals surface area contributed by atoms with Crippen molar-refractivity contribution in [2.75, 3.05) is 0 Å². The molecule has 0 unspecified atom stereocenters. The molecule has 1 N–H and O–H groups in total. The van der Waals surface area contributed by atoms with Crippen molar-refractivity contribution in [1.29, 1.82) is 0 Å². The normalized spacial score (nSPS) is 11.7. The second-order valence-electron chi connectivity index (χ2n) is 3.86. The summed E-state index contributed by atoms with van der Waals surface area (Å²) in [6.07, 6.45) is 0. The Balaban J connectivity index is 2.14. The van der Waals surface area contributed by atoms with Gasteiger partial charge in [-0.05, 0) is 40.1 Å². The van der Waals surface area contributed by atoms with Crippen molar-refractivity contribution in [3.05, 3.63) is 41.8 Å². The summed E-state index contributed by atoms with van der Waals surface area (Å²) in [6.45, 7) is 0. The molecule has 0 atom stereocenters. The van der Waals surface area contributed by atoms with Gasteiger partial charge in [0.25, 0.3) is 10.1 Å². The first kappa shape index (κ1) is 12.9. The maximum atomic E-state index is 11.2. The van der Waals surface area contributed by atoms with Crippen LogP contribution in [0.5, 0.6) is 0 Å². The van der Waals surface area contributed by atoms with Crippen molar-refractivity contribution in [3.8, 4) is 16.4 Å². The average molecular weight is 308 g/mol. The molecule has 0 radical (unpaired) electrons. The Hall–Kier alpha value is -2.10. The zero-order valence-electron chi connectivity index (χ0n) is 9.91. The highest BCUT2D eigenvalue weighted by atomic mass is 32.2. The molecule has 0 saturated carbocycles. The molecular weight excluding hydrogens is 300 g/mol. The molecule has 3 rings (SSSR count). The molecular formula is C11H8N4O3S2. The fraction of sp³-hybridized carbons (Fsp3) is 0.